The van der Waals surface area contributed by atoms with Crippen molar-refractivity contribution in [1.82, 2.24) is 0 Å². The third kappa shape index (κ3) is 1.67. The van der Waals surface area contributed by atoms with Crippen LogP contribution in [0.4, 0.5) is 0 Å². The zero-order chi connectivity index (χ0) is 5.98. The Morgan fingerprint density at radius 3 is 2.25 bits per heavy atom. The fourth-order valence-corrected chi connectivity index (χ4v) is 1.22. The van der Waals surface area contributed by atoms with Crippen molar-refractivity contribution in [2.24, 2.45) is 0 Å². The molecule has 0 atom stereocenters. The van der Waals surface area contributed by atoms with Gasteiger partial charge in [0, 0.05) is 0 Å². The third-order valence-corrected chi connectivity index (χ3v) is 3.18. The van der Waals surface area contributed by atoms with Crippen molar-refractivity contribution in [2.45, 2.75) is 6.92 Å². The molecule has 0 heterocycles. The van der Waals surface area contributed by atoms with Crippen LogP contribution in [0.15, 0.2) is 24.3 Å². The van der Waals surface area contributed by atoms with Crippen molar-refractivity contribution >= 4 is 48.6 Å². The van der Waals surface area contributed by atoms with Crippen LogP contribution in [0.25, 0.3) is 0 Å². The van der Waals surface area contributed by atoms with Gasteiger partial charge in [-0.1, -0.05) is 0 Å². The van der Waals surface area contributed by atoms with Crippen molar-refractivity contribution < 1.29 is 0 Å². The molecule has 1 rings (SSSR count). The first-order valence-corrected chi connectivity index (χ1v) is 4.39. The number of benzene rings is 1. The van der Waals surface area contributed by atoms with Crippen molar-refractivity contribution in [3.05, 3.63) is 29.8 Å². The van der Waals surface area contributed by atoms with E-state index >= 15 is 0 Å². The number of rotatable bonds is 0. The second kappa shape index (κ2) is 3.13. The molecule has 0 amide bonds. The molecule has 1 heteroatoms. The predicted molar refractivity (Wildman–Crippen MR) is 36.6 cm³/mol. The van der Waals surface area contributed by atoms with E-state index in [1.165, 1.54) is 5.56 Å². The van der Waals surface area contributed by atoms with Crippen LogP contribution < -0.4 is -0.342 Å². The molecule has 36 valence electrons. The van der Waals surface area contributed by atoms with Crippen LogP contribution in [0.2, 0.25) is 0 Å². The SMILES string of the molecule is Cc1cccc[c]1[K]. The van der Waals surface area contributed by atoms with Gasteiger partial charge < -0.3 is 0 Å². The van der Waals surface area contributed by atoms with Crippen LogP contribution in [0.1, 0.15) is 5.56 Å². The van der Waals surface area contributed by atoms with Gasteiger partial charge in [0.15, 0.2) is 0 Å². The first-order valence-electron chi connectivity index (χ1n) is 2.83. The van der Waals surface area contributed by atoms with Gasteiger partial charge in [-0.2, -0.15) is 0 Å². The van der Waals surface area contributed by atoms with Gasteiger partial charge in [0.2, 0.25) is 0 Å². The Morgan fingerprint density at radius 2 is 1.88 bits per heavy atom. The number of aryl methyl sites for hydroxylation is 1. The van der Waals surface area contributed by atoms with Gasteiger partial charge in [-0.25, -0.2) is 0 Å². The summed E-state index contributed by atoms with van der Waals surface area (Å²) >= 11 is 0.846. The van der Waals surface area contributed by atoms with E-state index in [9.17, 15) is 0 Å². The van der Waals surface area contributed by atoms with Gasteiger partial charge in [0.1, 0.15) is 0 Å². The molecule has 0 aliphatic heterocycles. The van der Waals surface area contributed by atoms with Crippen LogP contribution in [-0.2, 0) is 0 Å². The van der Waals surface area contributed by atoms with Gasteiger partial charge in [0.25, 0.3) is 0 Å². The van der Waals surface area contributed by atoms with Crippen LogP contribution >= 0.6 is 0 Å². The molecular formula is C7H7K. The van der Waals surface area contributed by atoms with E-state index in [0.29, 0.717) is 0 Å². The van der Waals surface area contributed by atoms with Crippen LogP contribution in [0.5, 0.6) is 0 Å². The molecular weight excluding hydrogens is 123 g/mol. The van der Waals surface area contributed by atoms with E-state index in [1.807, 2.05) is 0 Å². The second-order valence-electron chi connectivity index (χ2n) is 2.08. The van der Waals surface area contributed by atoms with Crippen molar-refractivity contribution in [2.75, 3.05) is 0 Å². The Hall–Kier alpha value is 0.856. The Morgan fingerprint density at radius 1 is 1.25 bits per heavy atom. The minimum atomic E-state index is 0.846. The van der Waals surface area contributed by atoms with Crippen LogP contribution in [-0.4, -0.2) is 49.0 Å². The standard InChI is InChI=1S/C7H7.K/c1-7-5-3-2-4-6-7;/h2-5H,1H3;. The molecule has 0 aromatic heterocycles. The molecule has 1 aromatic carbocycles. The van der Waals surface area contributed by atoms with E-state index in [4.69, 9.17) is 0 Å². The van der Waals surface area contributed by atoms with Gasteiger partial charge >= 0.3 is 85.4 Å². The predicted octanol–water partition coefficient (Wildman–Crippen LogP) is 0.789. The average Bonchev–Trinajstić information content (AvgIpc) is 1.77. The van der Waals surface area contributed by atoms with Gasteiger partial charge in [0.05, 0.1) is 0 Å². The molecule has 0 bridgehead atoms. The van der Waals surface area contributed by atoms with Gasteiger partial charge in [-0.3, -0.25) is 0 Å². The first kappa shape index (κ1) is 6.97. The van der Waals surface area contributed by atoms with Crippen molar-refractivity contribution in [3.63, 3.8) is 0 Å². The summed E-state index contributed by atoms with van der Waals surface area (Å²) in [5, 5.41) is 0. The molecule has 8 heavy (non-hydrogen) atoms. The minimum absolute atomic E-state index is 0.846. The molecule has 0 unspecified atom stereocenters. The summed E-state index contributed by atoms with van der Waals surface area (Å²) < 4.78 is 1.56. The molecule has 0 radical (unpaired) electrons. The Balaban J connectivity index is 3.13. The van der Waals surface area contributed by atoms with Crippen molar-refractivity contribution in [1.29, 1.82) is 0 Å². The zero-order valence-corrected chi connectivity index (χ0v) is 8.43. The van der Waals surface area contributed by atoms with E-state index in [1.54, 1.807) is -0.342 Å². The maximum absolute atomic E-state index is 2.20. The summed E-state index contributed by atoms with van der Waals surface area (Å²) in [5.74, 6) is 0. The Bertz CT molecular complexity index is 160. The van der Waals surface area contributed by atoms with E-state index in [0.717, 1.165) is 49.0 Å². The third-order valence-electron chi connectivity index (χ3n) is 1.43. The fourth-order valence-electron chi connectivity index (χ4n) is 0.663. The van der Waals surface area contributed by atoms with Crippen LogP contribution in [0, 0.1) is 6.92 Å². The summed E-state index contributed by atoms with van der Waals surface area (Å²) in [5.41, 5.74) is 1.45. The molecule has 0 aliphatic carbocycles. The topological polar surface area (TPSA) is 0 Å². The average molecular weight is 130 g/mol. The van der Waals surface area contributed by atoms with Crippen LogP contribution in [0.3, 0.4) is 0 Å². The molecule has 1 aromatic rings. The summed E-state index contributed by atoms with van der Waals surface area (Å²) in [7, 11) is 0. The quantitative estimate of drug-likeness (QED) is 0.455. The summed E-state index contributed by atoms with van der Waals surface area (Å²) in [6.07, 6.45) is 0. The fraction of sp³-hybridized carbons (Fsp3) is 0.143. The molecule has 0 saturated heterocycles. The molecule has 0 N–H and O–H groups in total. The summed E-state index contributed by atoms with van der Waals surface area (Å²) in [6, 6.07) is 8.56. The number of hydrogen-bond acceptors (Lipinski definition) is 0. The molecule has 0 spiro atoms. The second-order valence-corrected chi connectivity index (χ2v) is 3.77. The first-order chi connectivity index (χ1) is 3.80. The monoisotopic (exact) mass is 130 g/mol. The summed E-state index contributed by atoms with van der Waals surface area (Å²) in [6.45, 7) is 2.17. The maximum atomic E-state index is 2.20. The molecule has 0 aliphatic rings. The Kier molecular flexibility index (Phi) is 2.73. The van der Waals surface area contributed by atoms with Crippen molar-refractivity contribution in [3.8, 4) is 0 Å². The van der Waals surface area contributed by atoms with E-state index < -0.39 is 0 Å². The van der Waals surface area contributed by atoms with Gasteiger partial charge in [-0.05, 0) is 0 Å². The van der Waals surface area contributed by atoms with Gasteiger partial charge in [-0.15, -0.1) is 0 Å². The molecule has 0 fully saturated rings. The van der Waals surface area contributed by atoms with E-state index in [2.05, 4.69) is 31.2 Å². The zero-order valence-electron chi connectivity index (χ0n) is 5.31. The summed E-state index contributed by atoms with van der Waals surface area (Å²) in [4.78, 5) is 0. The molecule has 0 nitrogen and oxygen atoms in total. The number of hydrogen-bond donors (Lipinski definition) is 0. The molecule has 0 saturated carbocycles. The Labute approximate surface area is 83.9 Å². The normalized spacial score (nSPS) is 9.38. The van der Waals surface area contributed by atoms with E-state index in [-0.39, 0.29) is 0 Å².